The summed E-state index contributed by atoms with van der Waals surface area (Å²) in [6.07, 6.45) is -9.87. The van der Waals surface area contributed by atoms with E-state index < -0.39 is 65.5 Å². The lowest BCUT2D eigenvalue weighted by molar-refractivity contribution is -0.144. The fraction of sp³-hybridized carbons (Fsp3) is 0.120. The fourth-order valence-corrected chi connectivity index (χ4v) is 5.31. The standard InChI is InChI=1S/C25H16F6N2O5S2/c1-39(34,35)16-12-10-15(11-13-16)21-19(14-6-3-2-4-7-14)22(33-23(32-21)25(29,30)31)17-8-5-9-18(40(36,37)38)20(17)24(26,27)28/h2-13H,1H3,(H,36,37,38)/p-1. The van der Waals surface area contributed by atoms with Crippen LogP contribution in [0, 0.1) is 0 Å². The van der Waals surface area contributed by atoms with Crippen molar-refractivity contribution in [2.24, 2.45) is 0 Å². The zero-order valence-corrected chi connectivity index (χ0v) is 21.6. The smallest absolute Gasteiger partial charge is 0.451 e. The molecular weight excluding hydrogens is 586 g/mol. The molecule has 15 heteroatoms. The molecule has 0 fully saturated rings. The van der Waals surface area contributed by atoms with Crippen LogP contribution >= 0.6 is 0 Å². The second kappa shape index (κ2) is 9.98. The fourth-order valence-electron chi connectivity index (χ4n) is 3.96. The molecule has 0 radical (unpaired) electrons. The monoisotopic (exact) mass is 601 g/mol. The maximum atomic E-state index is 14.2. The highest BCUT2D eigenvalue weighted by atomic mass is 32.2. The molecular formula is C25H15F6N2O5S2-. The first kappa shape index (κ1) is 29.2. The van der Waals surface area contributed by atoms with Gasteiger partial charge in [0.1, 0.15) is 10.1 Å². The molecule has 1 aromatic heterocycles. The van der Waals surface area contributed by atoms with Crippen LogP contribution in [0.15, 0.2) is 82.6 Å². The van der Waals surface area contributed by atoms with Crippen molar-refractivity contribution < 1.29 is 47.7 Å². The van der Waals surface area contributed by atoms with Gasteiger partial charge in [-0.15, -0.1) is 0 Å². The van der Waals surface area contributed by atoms with Crippen molar-refractivity contribution in [1.82, 2.24) is 9.97 Å². The Bertz CT molecular complexity index is 1810. The van der Waals surface area contributed by atoms with E-state index in [-0.39, 0.29) is 21.6 Å². The lowest BCUT2D eigenvalue weighted by atomic mass is 9.92. The van der Waals surface area contributed by atoms with Gasteiger partial charge >= 0.3 is 12.4 Å². The molecule has 0 bridgehead atoms. The van der Waals surface area contributed by atoms with E-state index in [2.05, 4.69) is 9.97 Å². The SMILES string of the molecule is CS(=O)(=O)c1ccc(-c2nc(C(F)(F)F)nc(-c3cccc(S(=O)(=O)[O-])c3C(F)(F)F)c2-c2ccccc2)cc1. The molecule has 0 spiro atoms. The predicted octanol–water partition coefficient (Wildman–Crippen LogP) is 5.82. The molecule has 40 heavy (non-hydrogen) atoms. The van der Waals surface area contributed by atoms with Crippen LogP contribution in [0.25, 0.3) is 33.6 Å². The molecule has 0 N–H and O–H groups in total. The molecule has 4 rings (SSSR count). The number of nitrogens with zero attached hydrogens (tertiary/aromatic N) is 2. The zero-order chi connectivity index (χ0) is 29.7. The van der Waals surface area contributed by atoms with Crippen LogP contribution in [0.3, 0.4) is 0 Å². The van der Waals surface area contributed by atoms with Gasteiger partial charge in [0.25, 0.3) is 0 Å². The van der Waals surface area contributed by atoms with Crippen molar-refractivity contribution in [3.63, 3.8) is 0 Å². The first-order valence-corrected chi connectivity index (χ1v) is 14.2. The third-order valence-corrected chi connectivity index (χ3v) is 7.62. The van der Waals surface area contributed by atoms with Crippen LogP contribution in [0.4, 0.5) is 26.3 Å². The summed E-state index contributed by atoms with van der Waals surface area (Å²) in [6, 6.07) is 13.4. The second-order valence-electron chi connectivity index (χ2n) is 8.41. The van der Waals surface area contributed by atoms with E-state index in [1.165, 1.54) is 30.3 Å². The number of alkyl halides is 6. The van der Waals surface area contributed by atoms with Crippen molar-refractivity contribution >= 4 is 20.0 Å². The predicted molar refractivity (Wildman–Crippen MR) is 129 cm³/mol. The van der Waals surface area contributed by atoms with E-state index in [9.17, 15) is 47.7 Å². The highest BCUT2D eigenvalue weighted by Gasteiger charge is 2.41. The molecule has 0 aliphatic heterocycles. The van der Waals surface area contributed by atoms with Crippen LogP contribution in [0.1, 0.15) is 11.4 Å². The summed E-state index contributed by atoms with van der Waals surface area (Å²) in [4.78, 5) is 5.11. The second-order valence-corrected chi connectivity index (χ2v) is 11.8. The number of halogens is 6. The molecule has 0 amide bonds. The van der Waals surface area contributed by atoms with Crippen LogP contribution < -0.4 is 0 Å². The van der Waals surface area contributed by atoms with Gasteiger partial charge in [-0.05, 0) is 23.8 Å². The molecule has 0 aliphatic rings. The van der Waals surface area contributed by atoms with Gasteiger partial charge in [0, 0.05) is 22.9 Å². The maximum absolute atomic E-state index is 14.2. The molecule has 1 heterocycles. The topological polar surface area (TPSA) is 117 Å². The molecule has 4 aromatic rings. The van der Waals surface area contributed by atoms with Crippen LogP contribution in [-0.4, -0.2) is 37.6 Å². The van der Waals surface area contributed by atoms with Crippen molar-refractivity contribution in [1.29, 1.82) is 0 Å². The summed E-state index contributed by atoms with van der Waals surface area (Å²) in [7, 11) is -9.45. The van der Waals surface area contributed by atoms with Crippen LogP contribution in [-0.2, 0) is 32.3 Å². The van der Waals surface area contributed by atoms with Crippen molar-refractivity contribution in [2.45, 2.75) is 22.1 Å². The summed E-state index contributed by atoms with van der Waals surface area (Å²) >= 11 is 0. The lowest BCUT2D eigenvalue weighted by Gasteiger charge is -2.22. The number of hydrogen-bond acceptors (Lipinski definition) is 7. The van der Waals surface area contributed by atoms with E-state index >= 15 is 0 Å². The maximum Gasteiger partial charge on any atom is 0.451 e. The molecule has 0 unspecified atom stereocenters. The number of rotatable bonds is 5. The van der Waals surface area contributed by atoms with Gasteiger partial charge in [-0.3, -0.25) is 0 Å². The van der Waals surface area contributed by atoms with Crippen molar-refractivity contribution in [3.8, 4) is 33.6 Å². The minimum atomic E-state index is -5.74. The Morgan fingerprint density at radius 1 is 0.675 bits per heavy atom. The van der Waals surface area contributed by atoms with Crippen molar-refractivity contribution in [2.75, 3.05) is 6.26 Å². The molecule has 0 atom stereocenters. The number of hydrogen-bond donors (Lipinski definition) is 0. The van der Waals surface area contributed by atoms with Crippen molar-refractivity contribution in [3.05, 3.63) is 84.2 Å². The molecule has 0 aliphatic carbocycles. The Morgan fingerprint density at radius 2 is 1.25 bits per heavy atom. The molecule has 0 saturated heterocycles. The first-order valence-electron chi connectivity index (χ1n) is 10.9. The van der Waals surface area contributed by atoms with E-state index in [0.717, 1.165) is 36.6 Å². The Hall–Kier alpha value is -3.82. The number of benzene rings is 3. The molecule has 210 valence electrons. The summed E-state index contributed by atoms with van der Waals surface area (Å²) in [5.41, 5.74) is -4.98. The highest BCUT2D eigenvalue weighted by molar-refractivity contribution is 7.90. The summed E-state index contributed by atoms with van der Waals surface area (Å²) < 4.78 is 144. The van der Waals surface area contributed by atoms with Gasteiger partial charge in [0.15, 0.2) is 9.84 Å². The van der Waals surface area contributed by atoms with Gasteiger partial charge in [0.05, 0.1) is 26.7 Å². The number of sulfone groups is 1. The quantitative estimate of drug-likeness (QED) is 0.209. The van der Waals surface area contributed by atoms with Gasteiger partial charge in [-0.2, -0.15) is 26.3 Å². The third-order valence-electron chi connectivity index (χ3n) is 5.62. The minimum Gasteiger partial charge on any atom is -0.744 e. The van der Waals surface area contributed by atoms with E-state index in [4.69, 9.17) is 0 Å². The Labute approximate surface area is 223 Å². The number of aromatic nitrogens is 2. The summed E-state index contributed by atoms with van der Waals surface area (Å²) in [6.45, 7) is 0. The van der Waals surface area contributed by atoms with Crippen LogP contribution in [0.2, 0.25) is 0 Å². The summed E-state index contributed by atoms with van der Waals surface area (Å²) in [5.74, 6) is -1.85. The average molecular weight is 602 g/mol. The Kier molecular flexibility index (Phi) is 7.28. The minimum absolute atomic E-state index is 0.0527. The first-order chi connectivity index (χ1) is 18.4. The molecule has 0 saturated carbocycles. The highest BCUT2D eigenvalue weighted by Crippen LogP contribution is 2.46. The molecule has 7 nitrogen and oxygen atoms in total. The molecule has 3 aromatic carbocycles. The van der Waals surface area contributed by atoms with E-state index in [1.807, 2.05) is 0 Å². The lowest BCUT2D eigenvalue weighted by Crippen LogP contribution is -2.17. The van der Waals surface area contributed by atoms with Gasteiger partial charge in [0.2, 0.25) is 5.82 Å². The zero-order valence-electron chi connectivity index (χ0n) is 19.9. The summed E-state index contributed by atoms with van der Waals surface area (Å²) in [5, 5.41) is 0. The van der Waals surface area contributed by atoms with E-state index in [1.54, 1.807) is 0 Å². The Morgan fingerprint density at radius 3 is 1.75 bits per heavy atom. The Balaban J connectivity index is 2.23. The van der Waals surface area contributed by atoms with Gasteiger partial charge in [-0.25, -0.2) is 26.8 Å². The van der Waals surface area contributed by atoms with Crippen LogP contribution in [0.5, 0.6) is 0 Å². The third kappa shape index (κ3) is 5.85. The largest absolute Gasteiger partial charge is 0.744 e. The van der Waals surface area contributed by atoms with Gasteiger partial charge < -0.3 is 4.55 Å². The normalized spacial score (nSPS) is 12.9. The average Bonchev–Trinajstić information content (AvgIpc) is 2.86. The van der Waals surface area contributed by atoms with Gasteiger partial charge in [-0.1, -0.05) is 54.6 Å². The van der Waals surface area contributed by atoms with E-state index in [0.29, 0.717) is 12.1 Å².